The van der Waals surface area contributed by atoms with Crippen molar-refractivity contribution < 1.29 is 78.7 Å². The molecule has 5 aromatic rings. The zero-order valence-corrected chi connectivity index (χ0v) is 63.1. The maximum atomic E-state index is 15.4. The second-order valence-corrected chi connectivity index (χ2v) is 32.2. The Balaban J connectivity index is -0.00000169. The molecule has 0 saturated heterocycles. The second-order valence-electron chi connectivity index (χ2n) is 30.6. The average Bonchev–Trinajstić information content (AvgIpc) is 3.26. The topological polar surface area (TPSA) is 195 Å². The van der Waals surface area contributed by atoms with Crippen molar-refractivity contribution in [1.82, 2.24) is 0 Å². The number of hydrogen-bond acceptors (Lipinski definition) is 6. The average molecular weight is 1340 g/mol. The van der Waals surface area contributed by atoms with Gasteiger partial charge in [-0.2, -0.15) is 0 Å². The summed E-state index contributed by atoms with van der Waals surface area (Å²) in [6, 6.07) is 24.6. The van der Waals surface area contributed by atoms with Gasteiger partial charge in [0.15, 0.2) is 0 Å². The summed E-state index contributed by atoms with van der Waals surface area (Å²) >= 11 is 19.1. The van der Waals surface area contributed by atoms with Crippen molar-refractivity contribution in [2.75, 3.05) is 10.7 Å². The van der Waals surface area contributed by atoms with E-state index in [0.29, 0.717) is 44.5 Å². The molecule has 0 amide bonds. The standard InChI is InChI=1S/C64H90O4.2C3H7O.2CH2Cl2.2O.2V/c1-57(2,3)39-29-43(53(65)47(33-39)61(13,14)15)51(44-30-40(58(4,5)6)34-48(54(44)66)62(16,17)18)37-26-25-27-38(28-37)52(45-31-41(59(7,8)9)35-49(55(45)67)63(19,20)21)46-32-42(60(10,11)12)36-50(56(46)68)64(22,23)24;2*1-3(2)4;2*2-1-3;;;;/h25-36,51-52,65-68H,1-24H3;2*3H,1-2H3;2*1H2;;;;/q;2*-1;;;2*-2;;/p-4. The predicted octanol–water partition coefficient (Wildman–Crippen LogP) is 16.8. The first-order valence-corrected chi connectivity index (χ1v) is 31.0. The molecule has 0 spiro atoms. The summed E-state index contributed by atoms with van der Waals surface area (Å²) in [6.07, 6.45) is -0.833. The molecule has 86 heavy (non-hydrogen) atoms. The fraction of sp³-hybridized carbons (Fsp3) is 0.583. The second kappa shape index (κ2) is 34.8. The third-order valence-corrected chi connectivity index (χ3v) is 14.0. The van der Waals surface area contributed by atoms with Gasteiger partial charge in [0.2, 0.25) is 0 Å². The van der Waals surface area contributed by atoms with Gasteiger partial charge in [0.05, 0.1) is 10.7 Å². The van der Waals surface area contributed by atoms with Gasteiger partial charge < -0.3 is 41.6 Å². The van der Waals surface area contributed by atoms with Crippen LogP contribution in [-0.4, -0.2) is 22.9 Å². The van der Waals surface area contributed by atoms with Crippen molar-refractivity contribution in [3.8, 4) is 23.0 Å². The van der Waals surface area contributed by atoms with E-state index in [-0.39, 0.29) is 103 Å². The molecule has 0 aromatic heterocycles. The third kappa shape index (κ3) is 25.6. The number of alkyl halides is 4. The quantitative estimate of drug-likeness (QED) is 0.120. The Morgan fingerprint density at radius 2 is 0.465 bits per heavy atom. The molecule has 0 aliphatic rings. The van der Waals surface area contributed by atoms with E-state index >= 15 is 20.4 Å². The minimum absolute atomic E-state index is 0. The van der Waals surface area contributed by atoms with Crippen molar-refractivity contribution in [3.63, 3.8) is 0 Å². The van der Waals surface area contributed by atoms with Crippen molar-refractivity contribution >= 4 is 46.4 Å². The van der Waals surface area contributed by atoms with Crippen LogP contribution in [0.5, 0.6) is 23.0 Å². The number of halogens is 4. The van der Waals surface area contributed by atoms with Crippen LogP contribution in [0.1, 0.15) is 284 Å². The first-order valence-electron chi connectivity index (χ1n) is 28.8. The van der Waals surface area contributed by atoms with Gasteiger partial charge in [-0.25, -0.2) is 0 Å². The van der Waals surface area contributed by atoms with Crippen LogP contribution in [0.4, 0.5) is 0 Å². The third-order valence-electron chi connectivity index (χ3n) is 14.0. The molecule has 0 saturated carbocycles. The van der Waals surface area contributed by atoms with Crippen molar-refractivity contribution in [2.45, 2.75) is 261 Å². The summed E-state index contributed by atoms with van der Waals surface area (Å²) in [5.41, 5.74) is 7.31. The van der Waals surface area contributed by atoms with Crippen molar-refractivity contribution in [1.29, 1.82) is 0 Å². The number of hydrogen-bond donors (Lipinski definition) is 0. The van der Waals surface area contributed by atoms with Gasteiger partial charge in [-0.1, -0.05) is 267 Å². The fourth-order valence-electron chi connectivity index (χ4n) is 9.39. The summed E-state index contributed by atoms with van der Waals surface area (Å²) in [6.45, 7) is 57.3. The summed E-state index contributed by atoms with van der Waals surface area (Å²) < 4.78 is 0. The molecule has 0 atom stereocenters. The summed E-state index contributed by atoms with van der Waals surface area (Å²) in [5.74, 6) is -1.89. The molecule has 5 aromatic carbocycles. The first-order chi connectivity index (χ1) is 36.7. The van der Waals surface area contributed by atoms with E-state index in [0.717, 1.165) is 33.4 Å². The summed E-state index contributed by atoms with van der Waals surface area (Å²) in [7, 11) is 0. The van der Waals surface area contributed by atoms with Gasteiger partial charge >= 0.3 is 0 Å². The van der Waals surface area contributed by atoms with Crippen LogP contribution < -0.4 is 30.6 Å². The molecule has 5 rings (SSSR count). The van der Waals surface area contributed by atoms with Gasteiger partial charge in [0.1, 0.15) is 0 Å². The van der Waals surface area contributed by atoms with Crippen LogP contribution in [0.25, 0.3) is 0 Å². The Kier molecular flexibility index (Phi) is 36.3. The van der Waals surface area contributed by atoms with E-state index in [1.165, 1.54) is 0 Å². The zero-order valence-electron chi connectivity index (χ0n) is 57.3. The molecule has 0 unspecified atom stereocenters. The van der Waals surface area contributed by atoms with Crippen LogP contribution in [-0.2, 0) is 91.4 Å². The molecule has 8 nitrogen and oxygen atoms in total. The Hall–Kier alpha value is -2.53. The Bertz CT molecular complexity index is 2500. The number of benzene rings is 5. The van der Waals surface area contributed by atoms with Crippen molar-refractivity contribution in [2.24, 2.45) is 0 Å². The van der Waals surface area contributed by atoms with Gasteiger partial charge in [-0.05, 0) is 121 Å². The molecule has 0 heterocycles. The van der Waals surface area contributed by atoms with E-state index < -0.39 is 45.7 Å². The largest absolute Gasteiger partial charge is 2.00 e. The van der Waals surface area contributed by atoms with E-state index in [2.05, 4.69) is 197 Å². The minimum Gasteiger partial charge on any atom is -2.00 e. The molecule has 2 radical (unpaired) electrons. The maximum Gasteiger partial charge on any atom is 0.0967 e. The Labute approximate surface area is 566 Å². The van der Waals surface area contributed by atoms with Gasteiger partial charge in [-0.15, -0.1) is 81.6 Å². The van der Waals surface area contributed by atoms with Crippen LogP contribution in [0.2, 0.25) is 0 Å². The van der Waals surface area contributed by atoms with Crippen LogP contribution in [0.3, 0.4) is 0 Å². The predicted molar refractivity (Wildman–Crippen MR) is 346 cm³/mol. The van der Waals surface area contributed by atoms with Crippen LogP contribution in [0.15, 0.2) is 72.8 Å². The molecule has 0 aliphatic heterocycles. The molecular formula is C72H104Cl4O8V2-10. The molecule has 0 N–H and O–H groups in total. The van der Waals surface area contributed by atoms with E-state index in [1.807, 2.05) is 42.5 Å². The van der Waals surface area contributed by atoms with E-state index in [9.17, 15) is 10.2 Å². The summed E-state index contributed by atoms with van der Waals surface area (Å²) in [4.78, 5) is 0. The first kappa shape index (κ1) is 89.9. The molecule has 488 valence electrons. The smallest absolute Gasteiger partial charge is 0.0967 e. The Morgan fingerprint density at radius 3 is 0.593 bits per heavy atom. The maximum absolute atomic E-state index is 15.4. The van der Waals surface area contributed by atoms with E-state index in [4.69, 9.17) is 46.4 Å². The van der Waals surface area contributed by atoms with Gasteiger partial charge in [0.25, 0.3) is 0 Å². The summed E-state index contributed by atoms with van der Waals surface area (Å²) in [5, 5.41) is 81.2. The minimum atomic E-state index is -0.780. The van der Waals surface area contributed by atoms with Gasteiger partial charge in [0, 0.05) is 48.9 Å². The molecule has 0 fully saturated rings. The molecular weight excluding hydrogens is 1240 g/mol. The normalized spacial score (nSPS) is 12.2. The van der Waals surface area contributed by atoms with Gasteiger partial charge in [-0.3, -0.25) is 0 Å². The Morgan fingerprint density at radius 1 is 0.314 bits per heavy atom. The van der Waals surface area contributed by atoms with Crippen molar-refractivity contribution in [3.05, 3.63) is 151 Å². The SMILES string of the molecule is CC(C)(C)c1cc(C(c2cccc(C(c3cc(C(C)(C)C)cc(C(C)(C)C)c3[O-])c3cc(C(C)(C)C)cc(C(C)(C)C)c3[O-])c2)c2cc(C(C)(C)C)cc(C(C)(C)C)c2[O-])c([O-])c(C(C)(C)C)c1.CC(C)[O-].CC(C)[O-].ClCCl.ClCCl.[O-2].[O-2].[V].[V]. The monoisotopic (exact) mass is 1340 g/mol. The number of rotatable bonds is 6. The van der Waals surface area contributed by atoms with Crippen LogP contribution >= 0.6 is 46.4 Å². The molecule has 0 aliphatic carbocycles. The van der Waals surface area contributed by atoms with E-state index in [1.54, 1.807) is 27.7 Å². The zero-order chi connectivity index (χ0) is 64.6. The van der Waals surface area contributed by atoms with Crippen LogP contribution in [0, 0.1) is 0 Å². The molecule has 0 bridgehead atoms. The fourth-order valence-corrected chi connectivity index (χ4v) is 9.39. The molecule has 14 heteroatoms.